The van der Waals surface area contributed by atoms with Crippen molar-refractivity contribution >= 4 is 17.2 Å². The second-order valence-corrected chi connectivity index (χ2v) is 5.61. The Hall–Kier alpha value is -3.02. The highest BCUT2D eigenvalue weighted by Gasteiger charge is 2.20. The summed E-state index contributed by atoms with van der Waals surface area (Å²) in [6, 6.07) is 11.1. The Morgan fingerprint density at radius 3 is 3.00 bits per heavy atom. The topological polar surface area (TPSA) is 64.9 Å². The van der Waals surface area contributed by atoms with Gasteiger partial charge in [-0.3, -0.25) is 9.20 Å². The minimum Gasteiger partial charge on any atom is -0.454 e. The fourth-order valence-electron chi connectivity index (χ4n) is 2.86. The monoisotopic (exact) mass is 323 g/mol. The van der Waals surface area contributed by atoms with Crippen LogP contribution in [0.3, 0.4) is 0 Å². The van der Waals surface area contributed by atoms with E-state index in [0.717, 1.165) is 24.2 Å². The predicted molar refractivity (Wildman–Crippen MR) is 89.7 cm³/mol. The summed E-state index contributed by atoms with van der Waals surface area (Å²) in [5.41, 5.74) is 2.82. The molecule has 3 aromatic rings. The van der Waals surface area contributed by atoms with Crippen LogP contribution >= 0.6 is 0 Å². The van der Waals surface area contributed by atoms with Crippen molar-refractivity contribution in [2.75, 3.05) is 12.1 Å². The number of ether oxygens (including phenoxy) is 2. The lowest BCUT2D eigenvalue weighted by atomic mass is 10.2. The van der Waals surface area contributed by atoms with E-state index in [0.29, 0.717) is 22.9 Å². The summed E-state index contributed by atoms with van der Waals surface area (Å²) in [5.74, 6) is 1.14. The van der Waals surface area contributed by atoms with Crippen LogP contribution in [0.15, 0.2) is 42.6 Å². The molecule has 0 bridgehead atoms. The van der Waals surface area contributed by atoms with E-state index in [1.165, 1.54) is 0 Å². The Kier molecular flexibility index (Phi) is 3.57. The van der Waals surface area contributed by atoms with Gasteiger partial charge in [-0.05, 0) is 30.7 Å². The number of aromatic nitrogens is 2. The molecule has 0 radical (unpaired) electrons. The summed E-state index contributed by atoms with van der Waals surface area (Å²) < 4.78 is 12.5. The summed E-state index contributed by atoms with van der Waals surface area (Å²) in [7, 11) is 0. The molecule has 1 amide bonds. The molecular formula is C18H17N3O3. The number of hydrogen-bond donors (Lipinski definition) is 1. The number of fused-ring (bicyclic) bond motifs is 2. The Bertz CT molecular complexity index is 917. The van der Waals surface area contributed by atoms with Gasteiger partial charge >= 0.3 is 0 Å². The molecule has 0 fully saturated rings. The van der Waals surface area contributed by atoms with E-state index < -0.39 is 0 Å². The summed E-state index contributed by atoms with van der Waals surface area (Å²) >= 11 is 0. The lowest BCUT2D eigenvalue weighted by Crippen LogP contribution is -2.16. The van der Waals surface area contributed by atoms with Crippen molar-refractivity contribution in [3.05, 3.63) is 54.0 Å². The molecule has 0 spiro atoms. The lowest BCUT2D eigenvalue weighted by molar-refractivity contribution is 0.102. The highest BCUT2D eigenvalue weighted by molar-refractivity contribution is 6.04. The number of nitrogens with zero attached hydrogens (tertiary/aromatic N) is 2. The molecule has 0 saturated carbocycles. The van der Waals surface area contributed by atoms with E-state index in [9.17, 15) is 4.79 Å². The van der Waals surface area contributed by atoms with E-state index in [-0.39, 0.29) is 12.7 Å². The molecule has 1 aliphatic rings. The van der Waals surface area contributed by atoms with Gasteiger partial charge in [-0.1, -0.05) is 19.4 Å². The normalized spacial score (nSPS) is 12.5. The van der Waals surface area contributed by atoms with Crippen LogP contribution in [-0.2, 0) is 6.42 Å². The van der Waals surface area contributed by atoms with Gasteiger partial charge < -0.3 is 14.8 Å². The number of nitrogens with one attached hydrogen (secondary N) is 1. The van der Waals surface area contributed by atoms with Crippen molar-refractivity contribution in [3.8, 4) is 11.5 Å². The van der Waals surface area contributed by atoms with Crippen molar-refractivity contribution in [2.24, 2.45) is 0 Å². The van der Waals surface area contributed by atoms with E-state index in [1.807, 2.05) is 28.8 Å². The van der Waals surface area contributed by atoms with Gasteiger partial charge in [0.1, 0.15) is 11.3 Å². The van der Waals surface area contributed by atoms with Crippen molar-refractivity contribution in [2.45, 2.75) is 19.8 Å². The molecule has 122 valence electrons. The van der Waals surface area contributed by atoms with Gasteiger partial charge in [0.2, 0.25) is 6.79 Å². The summed E-state index contributed by atoms with van der Waals surface area (Å²) in [6.07, 6.45) is 3.54. The van der Waals surface area contributed by atoms with Crippen molar-refractivity contribution in [1.82, 2.24) is 9.38 Å². The maximum atomic E-state index is 12.8. The second kappa shape index (κ2) is 5.88. The first-order valence-electron chi connectivity index (χ1n) is 7.93. The quantitative estimate of drug-likeness (QED) is 0.800. The number of pyridine rings is 1. The number of carbonyl (C=O) groups excluding carboxylic acids is 1. The van der Waals surface area contributed by atoms with E-state index in [4.69, 9.17) is 9.47 Å². The van der Waals surface area contributed by atoms with Gasteiger partial charge in [0.25, 0.3) is 5.91 Å². The van der Waals surface area contributed by atoms with Crippen LogP contribution in [0.25, 0.3) is 5.65 Å². The first-order chi connectivity index (χ1) is 11.8. The maximum Gasteiger partial charge on any atom is 0.274 e. The fraction of sp³-hybridized carbons (Fsp3) is 0.222. The predicted octanol–water partition coefficient (Wildman–Crippen LogP) is 3.27. The molecule has 2 aromatic heterocycles. The average molecular weight is 323 g/mol. The minimum absolute atomic E-state index is 0.184. The highest BCUT2D eigenvalue weighted by Crippen LogP contribution is 2.34. The van der Waals surface area contributed by atoms with E-state index >= 15 is 0 Å². The molecule has 3 heterocycles. The number of carbonyl (C=O) groups is 1. The Labute approximate surface area is 139 Å². The number of anilines is 1. The molecule has 1 N–H and O–H groups in total. The SMILES string of the molecule is CCCc1nc2ccccn2c1C(=O)Nc1ccc2c(c1)OCO2. The molecule has 0 saturated heterocycles. The molecule has 1 aromatic carbocycles. The summed E-state index contributed by atoms with van der Waals surface area (Å²) in [6.45, 7) is 2.28. The smallest absolute Gasteiger partial charge is 0.274 e. The van der Waals surface area contributed by atoms with Gasteiger partial charge in [-0.25, -0.2) is 4.98 Å². The first kappa shape index (κ1) is 14.6. The largest absolute Gasteiger partial charge is 0.454 e. The standard InChI is InChI=1S/C18H17N3O3/c1-2-5-13-17(21-9-4-3-6-16(21)20-13)18(22)19-12-7-8-14-15(10-12)24-11-23-14/h3-4,6-10H,2,5,11H2,1H3,(H,19,22). The molecule has 6 heteroatoms. The van der Waals surface area contributed by atoms with Gasteiger partial charge in [0.05, 0.1) is 5.69 Å². The minimum atomic E-state index is -0.184. The first-order valence-corrected chi connectivity index (χ1v) is 7.93. The molecule has 24 heavy (non-hydrogen) atoms. The van der Waals surface area contributed by atoms with E-state index in [2.05, 4.69) is 17.2 Å². The zero-order valence-corrected chi connectivity index (χ0v) is 13.3. The zero-order chi connectivity index (χ0) is 16.5. The van der Waals surface area contributed by atoms with Crippen LogP contribution in [0.5, 0.6) is 11.5 Å². The average Bonchev–Trinajstić information content (AvgIpc) is 3.18. The Balaban J connectivity index is 1.69. The molecule has 0 aliphatic carbocycles. The van der Waals surface area contributed by atoms with Crippen molar-refractivity contribution in [1.29, 1.82) is 0 Å². The van der Waals surface area contributed by atoms with Gasteiger partial charge in [0, 0.05) is 18.0 Å². The highest BCUT2D eigenvalue weighted by atomic mass is 16.7. The van der Waals surface area contributed by atoms with Gasteiger partial charge in [-0.2, -0.15) is 0 Å². The lowest BCUT2D eigenvalue weighted by Gasteiger charge is -2.07. The third-order valence-corrected chi connectivity index (χ3v) is 3.93. The van der Waals surface area contributed by atoms with Crippen LogP contribution in [0, 0.1) is 0 Å². The Morgan fingerprint density at radius 1 is 1.25 bits per heavy atom. The second-order valence-electron chi connectivity index (χ2n) is 5.61. The Morgan fingerprint density at radius 2 is 2.12 bits per heavy atom. The molecule has 0 atom stereocenters. The van der Waals surface area contributed by atoms with Crippen LogP contribution < -0.4 is 14.8 Å². The number of hydrogen-bond acceptors (Lipinski definition) is 4. The van der Waals surface area contributed by atoms with Crippen LogP contribution in [0.2, 0.25) is 0 Å². The van der Waals surface area contributed by atoms with Gasteiger partial charge in [-0.15, -0.1) is 0 Å². The number of imidazole rings is 1. The number of benzene rings is 1. The molecule has 6 nitrogen and oxygen atoms in total. The fourth-order valence-corrected chi connectivity index (χ4v) is 2.86. The maximum absolute atomic E-state index is 12.8. The zero-order valence-electron chi connectivity index (χ0n) is 13.3. The van der Waals surface area contributed by atoms with Crippen molar-refractivity contribution in [3.63, 3.8) is 0 Å². The van der Waals surface area contributed by atoms with Crippen LogP contribution in [0.1, 0.15) is 29.5 Å². The van der Waals surface area contributed by atoms with Crippen molar-refractivity contribution < 1.29 is 14.3 Å². The molecule has 0 unspecified atom stereocenters. The summed E-state index contributed by atoms with van der Waals surface area (Å²) in [4.78, 5) is 17.4. The third kappa shape index (κ3) is 2.46. The number of aryl methyl sites for hydroxylation is 1. The molecule has 4 rings (SSSR count). The van der Waals surface area contributed by atoms with Crippen LogP contribution in [-0.4, -0.2) is 22.1 Å². The van der Waals surface area contributed by atoms with E-state index in [1.54, 1.807) is 18.2 Å². The number of amides is 1. The molecular weight excluding hydrogens is 306 g/mol. The van der Waals surface area contributed by atoms with Gasteiger partial charge in [0.15, 0.2) is 11.5 Å². The molecule has 1 aliphatic heterocycles. The summed E-state index contributed by atoms with van der Waals surface area (Å²) in [5, 5.41) is 2.93. The number of rotatable bonds is 4. The van der Waals surface area contributed by atoms with Crippen LogP contribution in [0.4, 0.5) is 5.69 Å². The third-order valence-electron chi connectivity index (χ3n) is 3.93.